The molecule has 0 bridgehead atoms. The Bertz CT molecular complexity index is 666. The molecular formula is C14H9ClF3NOS. The number of alkyl halides is 2. The predicted molar refractivity (Wildman–Crippen MR) is 77.7 cm³/mol. The Hall–Kier alpha value is -1.66. The summed E-state index contributed by atoms with van der Waals surface area (Å²) in [5, 5.41) is 2.44. The summed E-state index contributed by atoms with van der Waals surface area (Å²) >= 11 is 6.12. The largest absolute Gasteiger partial charge is 0.321 e. The van der Waals surface area contributed by atoms with Gasteiger partial charge in [0.2, 0.25) is 0 Å². The number of hydrogen-bond acceptors (Lipinski definition) is 2. The van der Waals surface area contributed by atoms with Gasteiger partial charge in [0.25, 0.3) is 11.7 Å². The van der Waals surface area contributed by atoms with Crippen LogP contribution in [-0.4, -0.2) is 11.7 Å². The molecular weight excluding hydrogens is 323 g/mol. The van der Waals surface area contributed by atoms with Crippen LogP contribution in [0.25, 0.3) is 0 Å². The van der Waals surface area contributed by atoms with E-state index in [0.29, 0.717) is 11.8 Å². The van der Waals surface area contributed by atoms with Gasteiger partial charge in [-0.3, -0.25) is 4.79 Å². The molecule has 110 valence electrons. The van der Waals surface area contributed by atoms with Gasteiger partial charge in [0.05, 0.1) is 16.3 Å². The number of amides is 1. The van der Waals surface area contributed by atoms with Gasteiger partial charge < -0.3 is 5.32 Å². The molecule has 7 heteroatoms. The SMILES string of the molecule is O=C(Nc1ccccc1SC(F)F)c1ccc(F)cc1Cl. The molecule has 0 atom stereocenters. The molecule has 2 nitrogen and oxygen atoms in total. The van der Waals surface area contributed by atoms with Gasteiger partial charge in [-0.15, -0.1) is 0 Å². The minimum absolute atomic E-state index is 0.0495. The first kappa shape index (κ1) is 15.7. The van der Waals surface area contributed by atoms with Gasteiger partial charge in [0.15, 0.2) is 0 Å². The van der Waals surface area contributed by atoms with Crippen LogP contribution in [0.1, 0.15) is 10.4 Å². The molecule has 1 amide bonds. The number of carbonyl (C=O) groups is 1. The van der Waals surface area contributed by atoms with Crippen LogP contribution in [0.5, 0.6) is 0 Å². The molecule has 0 aliphatic carbocycles. The van der Waals surface area contributed by atoms with Crippen LogP contribution in [0.2, 0.25) is 5.02 Å². The van der Waals surface area contributed by atoms with Crippen LogP contribution < -0.4 is 5.32 Å². The lowest BCUT2D eigenvalue weighted by atomic mass is 10.2. The number of anilines is 1. The van der Waals surface area contributed by atoms with Gasteiger partial charge in [-0.1, -0.05) is 35.5 Å². The molecule has 0 aromatic heterocycles. The van der Waals surface area contributed by atoms with E-state index in [9.17, 15) is 18.0 Å². The van der Waals surface area contributed by atoms with Crippen LogP contribution in [0.15, 0.2) is 47.4 Å². The van der Waals surface area contributed by atoms with Crippen molar-refractivity contribution < 1.29 is 18.0 Å². The molecule has 0 saturated heterocycles. The van der Waals surface area contributed by atoms with Gasteiger partial charge in [-0.2, -0.15) is 8.78 Å². The molecule has 0 saturated carbocycles. The third kappa shape index (κ3) is 4.15. The minimum Gasteiger partial charge on any atom is -0.321 e. The van der Waals surface area contributed by atoms with Crippen molar-refractivity contribution in [1.82, 2.24) is 0 Å². The van der Waals surface area contributed by atoms with Gasteiger partial charge >= 0.3 is 0 Å². The van der Waals surface area contributed by atoms with Gasteiger partial charge in [0.1, 0.15) is 5.82 Å². The first-order valence-electron chi connectivity index (χ1n) is 5.77. The number of rotatable bonds is 4. The number of nitrogens with one attached hydrogen (secondary N) is 1. The van der Waals surface area contributed by atoms with Crippen molar-refractivity contribution >= 4 is 35.0 Å². The maximum atomic E-state index is 12.9. The number of para-hydroxylation sites is 1. The Balaban J connectivity index is 2.23. The highest BCUT2D eigenvalue weighted by Gasteiger charge is 2.15. The highest BCUT2D eigenvalue weighted by atomic mass is 35.5. The molecule has 2 aromatic rings. The molecule has 0 radical (unpaired) electrons. The molecule has 1 N–H and O–H groups in total. The van der Waals surface area contributed by atoms with E-state index in [1.54, 1.807) is 12.1 Å². The summed E-state index contributed by atoms with van der Waals surface area (Å²) in [7, 11) is 0. The highest BCUT2D eigenvalue weighted by molar-refractivity contribution is 7.99. The van der Waals surface area contributed by atoms with Crippen molar-refractivity contribution in [2.75, 3.05) is 5.32 Å². The van der Waals surface area contributed by atoms with Gasteiger partial charge in [-0.25, -0.2) is 4.39 Å². The fourth-order valence-electron chi connectivity index (χ4n) is 1.63. The van der Waals surface area contributed by atoms with Crippen molar-refractivity contribution in [3.05, 3.63) is 58.9 Å². The Labute approximate surface area is 128 Å². The quantitative estimate of drug-likeness (QED) is 0.795. The van der Waals surface area contributed by atoms with Crippen molar-refractivity contribution in [3.63, 3.8) is 0 Å². The summed E-state index contributed by atoms with van der Waals surface area (Å²) in [6.45, 7) is 0. The zero-order chi connectivity index (χ0) is 15.4. The third-order valence-electron chi connectivity index (χ3n) is 2.53. The number of benzene rings is 2. The molecule has 0 heterocycles. The van der Waals surface area contributed by atoms with Crippen molar-refractivity contribution in [2.24, 2.45) is 0 Å². The van der Waals surface area contributed by atoms with Crippen LogP contribution in [-0.2, 0) is 0 Å². The topological polar surface area (TPSA) is 29.1 Å². The van der Waals surface area contributed by atoms with E-state index in [4.69, 9.17) is 11.6 Å². The molecule has 0 unspecified atom stereocenters. The Kier molecular flexibility index (Phi) is 5.14. The molecule has 21 heavy (non-hydrogen) atoms. The Morgan fingerprint density at radius 3 is 2.57 bits per heavy atom. The first-order valence-corrected chi connectivity index (χ1v) is 7.03. The lowest BCUT2D eigenvalue weighted by Gasteiger charge is -2.11. The second kappa shape index (κ2) is 6.87. The van der Waals surface area contributed by atoms with E-state index in [2.05, 4.69) is 5.32 Å². The minimum atomic E-state index is -2.60. The van der Waals surface area contributed by atoms with Crippen LogP contribution in [0, 0.1) is 5.82 Å². The zero-order valence-corrected chi connectivity index (χ0v) is 12.0. The second-order valence-corrected chi connectivity index (χ2v) is 5.39. The normalized spacial score (nSPS) is 10.7. The summed E-state index contributed by atoms with van der Waals surface area (Å²) in [4.78, 5) is 12.3. The lowest BCUT2D eigenvalue weighted by Crippen LogP contribution is -2.13. The zero-order valence-electron chi connectivity index (χ0n) is 10.4. The summed E-state index contributed by atoms with van der Waals surface area (Å²) in [5.41, 5.74) is 0.308. The van der Waals surface area contributed by atoms with E-state index in [1.165, 1.54) is 18.2 Å². The smallest absolute Gasteiger partial charge is 0.288 e. The summed E-state index contributed by atoms with van der Waals surface area (Å²) in [6, 6.07) is 9.51. The highest BCUT2D eigenvalue weighted by Crippen LogP contribution is 2.32. The molecule has 0 fully saturated rings. The van der Waals surface area contributed by atoms with E-state index in [1.807, 2.05) is 0 Å². The summed E-state index contributed by atoms with van der Waals surface area (Å²) in [6.07, 6.45) is 0. The van der Waals surface area contributed by atoms with Crippen LogP contribution in [0.3, 0.4) is 0 Å². The van der Waals surface area contributed by atoms with E-state index < -0.39 is 17.5 Å². The van der Waals surface area contributed by atoms with Crippen molar-refractivity contribution in [3.8, 4) is 0 Å². The van der Waals surface area contributed by atoms with Crippen LogP contribution >= 0.6 is 23.4 Å². The number of carbonyl (C=O) groups excluding carboxylic acids is 1. The van der Waals surface area contributed by atoms with Crippen molar-refractivity contribution in [2.45, 2.75) is 10.7 Å². The molecule has 0 aliphatic rings. The van der Waals surface area contributed by atoms with Crippen LogP contribution in [0.4, 0.5) is 18.9 Å². The maximum Gasteiger partial charge on any atom is 0.288 e. The fourth-order valence-corrected chi connectivity index (χ4v) is 2.48. The molecule has 2 rings (SSSR count). The third-order valence-corrected chi connectivity index (χ3v) is 3.63. The second-order valence-electron chi connectivity index (χ2n) is 3.95. The number of hydrogen-bond donors (Lipinski definition) is 1. The fraction of sp³-hybridized carbons (Fsp3) is 0.0714. The standard InChI is InChI=1S/C14H9ClF3NOS/c15-10-7-8(16)5-6-9(10)13(20)19-11-3-1-2-4-12(11)21-14(17)18/h1-7,14H,(H,19,20). The van der Waals surface area contributed by atoms with E-state index in [0.717, 1.165) is 12.1 Å². The average Bonchev–Trinajstić information content (AvgIpc) is 2.40. The monoisotopic (exact) mass is 331 g/mol. The average molecular weight is 332 g/mol. The molecule has 0 spiro atoms. The van der Waals surface area contributed by atoms with Gasteiger partial charge in [0, 0.05) is 4.90 Å². The molecule has 2 aromatic carbocycles. The maximum absolute atomic E-state index is 12.9. The van der Waals surface area contributed by atoms with E-state index >= 15 is 0 Å². The molecule has 0 aliphatic heterocycles. The summed E-state index contributed by atoms with van der Waals surface area (Å²) < 4.78 is 37.9. The Morgan fingerprint density at radius 2 is 1.90 bits per heavy atom. The predicted octanol–water partition coefficient (Wildman–Crippen LogP) is 5.05. The number of halogens is 4. The Morgan fingerprint density at radius 1 is 1.19 bits per heavy atom. The lowest BCUT2D eigenvalue weighted by molar-refractivity contribution is 0.102. The van der Waals surface area contributed by atoms with E-state index in [-0.39, 0.29) is 21.2 Å². The van der Waals surface area contributed by atoms with Crippen molar-refractivity contribution in [1.29, 1.82) is 0 Å². The summed E-state index contributed by atoms with van der Waals surface area (Å²) in [5.74, 6) is -3.76. The number of thioether (sulfide) groups is 1. The van der Waals surface area contributed by atoms with Gasteiger partial charge in [-0.05, 0) is 30.3 Å². The first-order chi connectivity index (χ1) is 9.97.